The zero-order valence-electron chi connectivity index (χ0n) is 6.38. The topological polar surface area (TPSA) is 60.4 Å². The summed E-state index contributed by atoms with van der Waals surface area (Å²) in [4.78, 5) is 1.64. The first-order valence-electron chi connectivity index (χ1n) is 3.23. The summed E-state index contributed by atoms with van der Waals surface area (Å²) in [6.45, 7) is 0. The molecule has 1 rings (SSSR count). The maximum atomic E-state index is 10.9. The maximum absolute atomic E-state index is 10.9. The number of hydrogen-bond donors (Lipinski definition) is 0. The molecular formula is C7H5O4PS. The molecule has 0 unspecified atom stereocenters. The molecule has 0 bridgehead atoms. The van der Waals surface area contributed by atoms with Crippen molar-refractivity contribution in [2.45, 2.75) is 0 Å². The molecule has 1 aromatic rings. The molecule has 6 heteroatoms. The summed E-state index contributed by atoms with van der Waals surface area (Å²) in [5.41, 5.74) is 0. The fourth-order valence-corrected chi connectivity index (χ4v) is 1.55. The molecule has 0 aliphatic rings. The molecule has 0 radical (unpaired) electrons. The van der Waals surface area contributed by atoms with Gasteiger partial charge < -0.3 is 0 Å². The van der Waals surface area contributed by atoms with Crippen LogP contribution in [0.15, 0.2) is 30.3 Å². The van der Waals surface area contributed by atoms with Crippen LogP contribution in [0.4, 0.5) is 0 Å². The average Bonchev–Trinajstić information content (AvgIpc) is 2.04. The van der Waals surface area contributed by atoms with Crippen molar-refractivity contribution in [3.05, 3.63) is 30.3 Å². The summed E-state index contributed by atoms with van der Waals surface area (Å²) in [5.74, 6) is 0.165. The Balaban J connectivity index is 2.92. The normalized spacial score (nSPS) is 10.2. The second-order valence-corrected chi connectivity index (χ2v) is 4.02. The summed E-state index contributed by atoms with van der Waals surface area (Å²) in [6, 6.07) is 7.92. The third-order valence-electron chi connectivity index (χ3n) is 1.10. The van der Waals surface area contributed by atoms with Gasteiger partial charge in [-0.1, -0.05) is 0 Å². The third kappa shape index (κ3) is 3.47. The van der Waals surface area contributed by atoms with Crippen molar-refractivity contribution in [2.24, 2.45) is 0 Å². The van der Waals surface area contributed by atoms with Crippen molar-refractivity contribution < 1.29 is 17.2 Å². The standard InChI is InChI=1S/C7H5O4PS/c8-12-6-13(9,10)11-7-4-2-1-3-5-7/h1-5H. The third-order valence-corrected chi connectivity index (χ3v) is 2.70. The van der Waals surface area contributed by atoms with E-state index in [9.17, 15) is 13.0 Å². The molecule has 0 aromatic heterocycles. The van der Waals surface area contributed by atoms with Gasteiger partial charge in [-0.15, -0.1) is 0 Å². The van der Waals surface area contributed by atoms with Crippen molar-refractivity contribution >= 4 is 18.0 Å². The van der Waals surface area contributed by atoms with Crippen molar-refractivity contribution in [1.29, 1.82) is 0 Å². The molecule has 0 aliphatic carbocycles. The molecule has 0 spiro atoms. The van der Waals surface area contributed by atoms with E-state index in [-0.39, 0.29) is 5.75 Å². The second-order valence-electron chi connectivity index (χ2n) is 2.03. The summed E-state index contributed by atoms with van der Waals surface area (Å²) in [6.07, 6.45) is 0. The number of hydrogen-bond acceptors (Lipinski definition) is 4. The van der Waals surface area contributed by atoms with Gasteiger partial charge in [-0.3, -0.25) is 0 Å². The van der Waals surface area contributed by atoms with Crippen LogP contribution in [0.1, 0.15) is 0 Å². The van der Waals surface area contributed by atoms with Gasteiger partial charge in [0.05, 0.1) is 0 Å². The minimum atomic E-state index is -3.96. The molecule has 1 aromatic carbocycles. The van der Waals surface area contributed by atoms with Gasteiger partial charge in [0.15, 0.2) is 0 Å². The fraction of sp³-hybridized carbons (Fsp3) is 0. The van der Waals surface area contributed by atoms with Crippen LogP contribution in [-0.2, 0) is 14.7 Å². The molecule has 68 valence electrons. The molecule has 0 N–H and O–H groups in total. The van der Waals surface area contributed by atoms with Crippen LogP contribution < -0.4 is 4.18 Å². The zero-order chi connectivity index (χ0) is 9.73. The Morgan fingerprint density at radius 1 is 1.23 bits per heavy atom. The van der Waals surface area contributed by atoms with E-state index in [4.69, 9.17) is 0 Å². The summed E-state index contributed by atoms with van der Waals surface area (Å²) in [5, 5.41) is 0. The first-order valence-corrected chi connectivity index (χ1v) is 5.45. The van der Waals surface area contributed by atoms with Gasteiger partial charge in [-0.25, -0.2) is 0 Å². The second kappa shape index (κ2) is 4.28. The van der Waals surface area contributed by atoms with E-state index in [1.807, 2.05) is 0 Å². The van der Waals surface area contributed by atoms with E-state index >= 15 is 0 Å². The van der Waals surface area contributed by atoms with Crippen LogP contribution >= 0.6 is 7.92 Å². The van der Waals surface area contributed by atoms with Gasteiger partial charge in [0.25, 0.3) is 0 Å². The molecule has 13 heavy (non-hydrogen) atoms. The quantitative estimate of drug-likeness (QED) is 0.556. The van der Waals surface area contributed by atoms with E-state index in [0.717, 1.165) is 0 Å². The molecule has 0 fully saturated rings. The van der Waals surface area contributed by atoms with Crippen LogP contribution in [0, 0.1) is 4.96 Å². The zero-order valence-corrected chi connectivity index (χ0v) is 8.09. The SMILES string of the molecule is O=P#CS(=O)(=O)Oc1ccccc1. The van der Waals surface area contributed by atoms with Gasteiger partial charge in [-0.2, -0.15) is 0 Å². The minimum absolute atomic E-state index is 0.165. The molecule has 0 aliphatic heterocycles. The Morgan fingerprint density at radius 2 is 1.85 bits per heavy atom. The van der Waals surface area contributed by atoms with E-state index in [1.54, 1.807) is 23.2 Å². The first-order chi connectivity index (χ1) is 6.14. The van der Waals surface area contributed by atoms with Crippen LogP contribution in [-0.4, -0.2) is 8.42 Å². The predicted octanol–water partition coefficient (Wildman–Crippen LogP) is 1.60. The monoisotopic (exact) mass is 216 g/mol. The van der Waals surface area contributed by atoms with Crippen molar-refractivity contribution in [2.75, 3.05) is 0 Å². The van der Waals surface area contributed by atoms with Gasteiger partial charge in [-0.05, 0) is 0 Å². The molecule has 0 saturated carbocycles. The van der Waals surface area contributed by atoms with E-state index in [0.29, 0.717) is 0 Å². The van der Waals surface area contributed by atoms with Crippen LogP contribution in [0.5, 0.6) is 5.75 Å². The molecule has 0 amide bonds. The molecule has 0 saturated heterocycles. The number of para-hydroxylation sites is 1. The van der Waals surface area contributed by atoms with Crippen molar-refractivity contribution in [3.63, 3.8) is 0 Å². The van der Waals surface area contributed by atoms with Gasteiger partial charge in [0.2, 0.25) is 0 Å². The molecule has 0 heterocycles. The van der Waals surface area contributed by atoms with E-state index < -0.39 is 18.0 Å². The average molecular weight is 216 g/mol. The van der Waals surface area contributed by atoms with Gasteiger partial charge in [0.1, 0.15) is 0 Å². The van der Waals surface area contributed by atoms with Crippen LogP contribution in [0.3, 0.4) is 0 Å². The van der Waals surface area contributed by atoms with Gasteiger partial charge >= 0.3 is 76.2 Å². The summed E-state index contributed by atoms with van der Waals surface area (Å²) < 4.78 is 36.2. The Kier molecular flexibility index (Phi) is 3.32. The number of benzene rings is 1. The van der Waals surface area contributed by atoms with Crippen molar-refractivity contribution in [3.8, 4) is 10.7 Å². The molecular weight excluding hydrogens is 211 g/mol. The molecule has 4 nitrogen and oxygen atoms in total. The molecule has 0 atom stereocenters. The fourth-order valence-electron chi connectivity index (χ4n) is 0.667. The predicted molar refractivity (Wildman–Crippen MR) is 47.5 cm³/mol. The van der Waals surface area contributed by atoms with Crippen LogP contribution in [0.25, 0.3) is 0 Å². The van der Waals surface area contributed by atoms with E-state index in [2.05, 4.69) is 4.18 Å². The van der Waals surface area contributed by atoms with Gasteiger partial charge in [0, 0.05) is 0 Å². The first kappa shape index (κ1) is 10.1. The van der Waals surface area contributed by atoms with Crippen LogP contribution in [0.2, 0.25) is 0 Å². The summed E-state index contributed by atoms with van der Waals surface area (Å²) >= 11 is 0. The summed E-state index contributed by atoms with van der Waals surface area (Å²) in [7, 11) is -4.68. The van der Waals surface area contributed by atoms with Crippen molar-refractivity contribution in [1.82, 2.24) is 0 Å². The Labute approximate surface area is 76.8 Å². The Hall–Kier alpha value is -1.02. The number of rotatable bonds is 2. The van der Waals surface area contributed by atoms with E-state index in [1.165, 1.54) is 12.1 Å². The Morgan fingerprint density at radius 3 is 2.38 bits per heavy atom. The Bertz CT molecular complexity index is 473.